The van der Waals surface area contributed by atoms with Crippen molar-refractivity contribution in [2.75, 3.05) is 26.4 Å². The van der Waals surface area contributed by atoms with Gasteiger partial charge in [-0.1, -0.05) is 0 Å². The lowest BCUT2D eigenvalue weighted by Crippen LogP contribution is -2.29. The summed E-state index contributed by atoms with van der Waals surface area (Å²) in [5.74, 6) is -3.04. The van der Waals surface area contributed by atoms with Crippen LogP contribution in [-0.4, -0.2) is 50.1 Å². The minimum atomic E-state index is -1.27. The average Bonchev–Trinajstić information content (AvgIpc) is 3.32. The summed E-state index contributed by atoms with van der Waals surface area (Å²) in [7, 11) is 0. The normalized spacial score (nSPS) is 19.5. The van der Waals surface area contributed by atoms with Crippen LogP contribution in [0.15, 0.2) is 4.42 Å². The molecule has 9 heteroatoms. The van der Waals surface area contributed by atoms with Gasteiger partial charge in [0, 0.05) is 6.42 Å². The second-order valence-electron chi connectivity index (χ2n) is 7.18. The van der Waals surface area contributed by atoms with Crippen molar-refractivity contribution in [1.82, 2.24) is 0 Å². The Bertz CT molecular complexity index is 838. The lowest BCUT2D eigenvalue weighted by Gasteiger charge is -2.18. The number of Topliss-reactive ketones (excluding diaryl/α,β-unsaturated/α-hetero) is 1. The molecular weight excluding hydrogens is 408 g/mol. The van der Waals surface area contributed by atoms with Crippen LogP contribution in [0.3, 0.4) is 0 Å². The zero-order valence-corrected chi connectivity index (χ0v) is 18.7. The molecule has 1 aliphatic rings. The second-order valence-corrected chi connectivity index (χ2v) is 7.18. The number of hydrogen-bond donors (Lipinski definition) is 0. The molecule has 1 heterocycles. The first-order valence-corrected chi connectivity index (χ1v) is 10.6. The first kappa shape index (κ1) is 24.4. The molecule has 0 bridgehead atoms. The van der Waals surface area contributed by atoms with E-state index in [9.17, 15) is 19.2 Å². The Morgan fingerprint density at radius 3 is 2.10 bits per heavy atom. The van der Waals surface area contributed by atoms with Gasteiger partial charge >= 0.3 is 17.9 Å². The van der Waals surface area contributed by atoms with Crippen molar-refractivity contribution in [2.24, 2.45) is 5.92 Å². The van der Waals surface area contributed by atoms with Gasteiger partial charge in [-0.25, -0.2) is 9.59 Å². The number of furan rings is 1. The molecule has 31 heavy (non-hydrogen) atoms. The molecule has 0 aliphatic heterocycles. The highest BCUT2D eigenvalue weighted by Gasteiger charge is 2.66. The van der Waals surface area contributed by atoms with Crippen molar-refractivity contribution in [3.63, 3.8) is 0 Å². The SMILES string of the molecule is CCOC(=O)c1oc(OCC)c([C@@]2(C(=O)OCC)C[C@@H]2CCC(C)=O)c1C(=O)OCC. The van der Waals surface area contributed by atoms with E-state index < -0.39 is 23.3 Å². The number of hydrogen-bond acceptors (Lipinski definition) is 9. The molecular formula is C22H30O9. The van der Waals surface area contributed by atoms with Crippen molar-refractivity contribution in [3.8, 4) is 5.95 Å². The zero-order chi connectivity index (χ0) is 23.2. The maximum atomic E-state index is 13.1. The van der Waals surface area contributed by atoms with Crippen molar-refractivity contribution < 1.29 is 42.5 Å². The lowest BCUT2D eigenvalue weighted by atomic mass is 9.89. The van der Waals surface area contributed by atoms with E-state index in [1.165, 1.54) is 6.92 Å². The zero-order valence-electron chi connectivity index (χ0n) is 18.7. The van der Waals surface area contributed by atoms with E-state index in [-0.39, 0.29) is 67.4 Å². The molecule has 1 aromatic rings. The van der Waals surface area contributed by atoms with Gasteiger partial charge in [0.05, 0.1) is 32.0 Å². The van der Waals surface area contributed by atoms with Crippen LogP contribution >= 0.6 is 0 Å². The molecule has 0 spiro atoms. The minimum absolute atomic E-state index is 0.0142. The first-order valence-electron chi connectivity index (χ1n) is 10.6. The molecule has 172 valence electrons. The molecule has 0 unspecified atom stereocenters. The van der Waals surface area contributed by atoms with Crippen LogP contribution in [-0.2, 0) is 29.2 Å². The molecule has 1 saturated carbocycles. The lowest BCUT2D eigenvalue weighted by molar-refractivity contribution is -0.147. The van der Waals surface area contributed by atoms with E-state index in [0.717, 1.165) is 0 Å². The second kappa shape index (κ2) is 10.5. The third kappa shape index (κ3) is 4.91. The molecule has 2 rings (SSSR count). The highest BCUT2D eigenvalue weighted by atomic mass is 16.6. The quantitative estimate of drug-likeness (QED) is 0.358. The van der Waals surface area contributed by atoms with Crippen molar-refractivity contribution in [2.45, 2.75) is 59.3 Å². The predicted octanol–water partition coefficient (Wildman–Crippen LogP) is 3.22. The van der Waals surface area contributed by atoms with E-state index in [0.29, 0.717) is 12.8 Å². The summed E-state index contributed by atoms with van der Waals surface area (Å²) in [6.45, 7) is 8.50. The van der Waals surface area contributed by atoms with E-state index in [1.807, 2.05) is 0 Å². The predicted molar refractivity (Wildman–Crippen MR) is 108 cm³/mol. The van der Waals surface area contributed by atoms with Crippen molar-refractivity contribution >= 4 is 23.7 Å². The summed E-state index contributed by atoms with van der Waals surface area (Å²) in [6, 6.07) is 0. The largest absolute Gasteiger partial charge is 0.465 e. The number of ether oxygens (including phenoxy) is 4. The fourth-order valence-corrected chi connectivity index (χ4v) is 3.76. The summed E-state index contributed by atoms with van der Waals surface area (Å²) < 4.78 is 26.7. The maximum absolute atomic E-state index is 13.1. The number of rotatable bonds is 12. The molecule has 0 N–H and O–H groups in total. The Labute approximate surface area is 181 Å². The van der Waals surface area contributed by atoms with Crippen LogP contribution in [0.1, 0.15) is 80.4 Å². The molecule has 0 radical (unpaired) electrons. The van der Waals surface area contributed by atoms with Crippen LogP contribution < -0.4 is 4.74 Å². The van der Waals surface area contributed by atoms with Crippen LogP contribution in [0, 0.1) is 5.92 Å². The van der Waals surface area contributed by atoms with Gasteiger partial charge < -0.3 is 28.2 Å². The summed E-state index contributed by atoms with van der Waals surface area (Å²) in [5.41, 5.74) is -1.34. The summed E-state index contributed by atoms with van der Waals surface area (Å²) in [4.78, 5) is 50.1. The number of carbonyl (C=O) groups excluding carboxylic acids is 4. The Kier molecular flexibility index (Phi) is 8.24. The topological polar surface area (TPSA) is 118 Å². The molecule has 0 amide bonds. The number of esters is 3. The Hall–Kier alpha value is -2.84. The molecule has 0 saturated heterocycles. The molecule has 0 aromatic carbocycles. The third-order valence-electron chi connectivity index (χ3n) is 5.13. The van der Waals surface area contributed by atoms with E-state index >= 15 is 0 Å². The molecule has 1 fully saturated rings. The first-order chi connectivity index (χ1) is 14.8. The van der Waals surface area contributed by atoms with Gasteiger partial charge in [-0.2, -0.15) is 0 Å². The number of carbonyl (C=O) groups is 4. The monoisotopic (exact) mass is 438 g/mol. The fraction of sp³-hybridized carbons (Fsp3) is 0.636. The van der Waals surface area contributed by atoms with Crippen LogP contribution in [0.4, 0.5) is 0 Å². The van der Waals surface area contributed by atoms with Crippen molar-refractivity contribution in [1.29, 1.82) is 0 Å². The highest BCUT2D eigenvalue weighted by molar-refractivity contribution is 6.05. The molecule has 1 aliphatic carbocycles. The Morgan fingerprint density at radius 1 is 0.935 bits per heavy atom. The smallest absolute Gasteiger partial charge is 0.375 e. The van der Waals surface area contributed by atoms with Crippen molar-refractivity contribution in [3.05, 3.63) is 16.9 Å². The maximum Gasteiger partial charge on any atom is 0.375 e. The molecule has 2 atom stereocenters. The van der Waals surface area contributed by atoms with Crippen LogP contribution in [0.2, 0.25) is 0 Å². The van der Waals surface area contributed by atoms with Crippen LogP contribution in [0.5, 0.6) is 5.95 Å². The standard InChI is InChI=1S/C22H30O9/c1-6-27-18(24)15-16(20(29-8-3)31-17(15)19(25)28-7-2)22(21(26)30-9-4)12-14(22)11-10-13(5)23/h14H,6-12H2,1-5H3/t14-,22+/m0/s1. The van der Waals surface area contributed by atoms with Gasteiger partial charge in [-0.05, 0) is 53.4 Å². The van der Waals surface area contributed by atoms with Gasteiger partial charge in [0.15, 0.2) is 0 Å². The highest BCUT2D eigenvalue weighted by Crippen LogP contribution is 2.61. The summed E-state index contributed by atoms with van der Waals surface area (Å²) >= 11 is 0. The van der Waals surface area contributed by atoms with Gasteiger partial charge in [0.1, 0.15) is 16.8 Å². The summed E-state index contributed by atoms with van der Waals surface area (Å²) in [6.07, 6.45) is 1.02. The Balaban J connectivity index is 2.70. The van der Waals surface area contributed by atoms with Gasteiger partial charge in [0.2, 0.25) is 5.76 Å². The average molecular weight is 438 g/mol. The summed E-state index contributed by atoms with van der Waals surface area (Å²) in [5, 5.41) is 0. The third-order valence-corrected chi connectivity index (χ3v) is 5.13. The molecule has 1 aromatic heterocycles. The van der Waals surface area contributed by atoms with Gasteiger partial charge in [-0.3, -0.25) is 4.79 Å². The van der Waals surface area contributed by atoms with E-state index in [2.05, 4.69) is 0 Å². The van der Waals surface area contributed by atoms with E-state index in [1.54, 1.807) is 27.7 Å². The fourth-order valence-electron chi connectivity index (χ4n) is 3.76. The van der Waals surface area contributed by atoms with E-state index in [4.69, 9.17) is 23.4 Å². The van der Waals surface area contributed by atoms with Crippen LogP contribution in [0.25, 0.3) is 0 Å². The van der Waals surface area contributed by atoms with Gasteiger partial charge in [-0.15, -0.1) is 0 Å². The molecule has 9 nitrogen and oxygen atoms in total. The van der Waals surface area contributed by atoms with Gasteiger partial charge in [0.25, 0.3) is 5.95 Å². The Morgan fingerprint density at radius 2 is 1.55 bits per heavy atom. The number of ketones is 1. The minimum Gasteiger partial charge on any atom is -0.465 e.